The van der Waals surface area contributed by atoms with Crippen LogP contribution in [0, 0.1) is 0 Å². The normalized spacial score (nSPS) is 11.4. The summed E-state index contributed by atoms with van der Waals surface area (Å²) in [5.41, 5.74) is 13.9. The summed E-state index contributed by atoms with van der Waals surface area (Å²) < 4.78 is 6.24. The van der Waals surface area contributed by atoms with Gasteiger partial charge in [-0.15, -0.1) is 22.7 Å². The number of rotatable bonds is 6. The molecule has 0 aliphatic carbocycles. The van der Waals surface area contributed by atoms with Crippen molar-refractivity contribution in [2.75, 3.05) is 0 Å². The third-order valence-corrected chi connectivity index (χ3v) is 20.2. The predicted molar refractivity (Wildman–Crippen MR) is 397 cm³/mol. The molecule has 0 amide bonds. The number of halogens is 1. The summed E-state index contributed by atoms with van der Waals surface area (Å²) in [5, 5.41) is 36.3. The summed E-state index contributed by atoms with van der Waals surface area (Å²) in [5.74, 6) is 0. The van der Waals surface area contributed by atoms with Gasteiger partial charge in [0, 0.05) is 77.5 Å². The lowest BCUT2D eigenvalue weighted by atomic mass is 9.79. The van der Waals surface area contributed by atoms with Gasteiger partial charge in [0.25, 0.3) is 0 Å². The fraction of sp³-hybridized carbons (Fsp3) is 0.0120. The molecule has 0 aliphatic heterocycles. The predicted octanol–water partition coefficient (Wildman–Crippen LogP) is 22.9. The number of pyridine rings is 2. The van der Waals surface area contributed by atoms with Gasteiger partial charge < -0.3 is 10.0 Å². The van der Waals surface area contributed by atoms with Crippen molar-refractivity contribution in [3.63, 3.8) is 0 Å². The second-order valence-electron chi connectivity index (χ2n) is 22.6. The van der Waals surface area contributed by atoms with E-state index in [0.29, 0.717) is 5.46 Å². The van der Waals surface area contributed by atoms with E-state index in [1.807, 2.05) is 41.7 Å². The molecule has 432 valence electrons. The van der Waals surface area contributed by atoms with E-state index < -0.39 is 7.12 Å². The van der Waals surface area contributed by atoms with Crippen molar-refractivity contribution in [2.45, 2.75) is 7.43 Å². The molecule has 8 heteroatoms. The van der Waals surface area contributed by atoms with Gasteiger partial charge in [0.2, 0.25) is 0 Å². The molecule has 14 aromatic carbocycles. The average Bonchev–Trinajstić information content (AvgIpc) is 1.76. The van der Waals surface area contributed by atoms with E-state index in [9.17, 15) is 10.0 Å². The number of hydrogen-bond donors (Lipinski definition) is 2. The minimum absolute atomic E-state index is 0. The SMILES string of the molecule is Brc1cccc(-c2ccc3c4ccccc4c4ccccc4c3n2)c1.C.OB(O)c1cccc(-c2cccc3c2sc2ccccc23)c1.c1cc(-c2cccc(-c3cccc4c3sc3ccccc34)c2)cc(-c2ccc3c4ccccc4c4ccccc4c3n2)c1. The van der Waals surface area contributed by atoms with Crippen LogP contribution in [0.4, 0.5) is 0 Å². The van der Waals surface area contributed by atoms with E-state index in [4.69, 9.17) is 9.97 Å². The maximum absolute atomic E-state index is 9.38. The monoisotopic (exact) mass is 1270 g/mol. The molecule has 0 atom stereocenters. The lowest BCUT2D eigenvalue weighted by Gasteiger charge is -2.12. The van der Waals surface area contributed by atoms with Gasteiger partial charge in [-0.25, -0.2) is 9.97 Å². The minimum atomic E-state index is -1.44. The molecule has 4 heterocycles. The Hall–Kier alpha value is -10.2. The van der Waals surface area contributed by atoms with E-state index in [0.717, 1.165) is 49.1 Å². The zero-order valence-corrected chi connectivity index (χ0v) is 51.6. The maximum atomic E-state index is 9.38. The molecule has 0 fully saturated rings. The van der Waals surface area contributed by atoms with E-state index in [2.05, 4.69) is 283 Å². The van der Waals surface area contributed by atoms with Crippen molar-refractivity contribution in [3.05, 3.63) is 308 Å². The first-order valence-corrected chi connectivity index (χ1v) is 32.4. The molecule has 0 saturated heterocycles. The lowest BCUT2D eigenvalue weighted by Crippen LogP contribution is -2.29. The van der Waals surface area contributed by atoms with E-state index in [1.54, 1.807) is 17.4 Å². The van der Waals surface area contributed by atoms with Gasteiger partial charge in [0.1, 0.15) is 0 Å². The summed E-state index contributed by atoms with van der Waals surface area (Å²) in [7, 11) is -1.44. The van der Waals surface area contributed by atoms with E-state index in [-0.39, 0.29) is 7.43 Å². The van der Waals surface area contributed by atoms with Crippen molar-refractivity contribution in [1.82, 2.24) is 9.97 Å². The quantitative estimate of drug-likeness (QED) is 0.129. The van der Waals surface area contributed by atoms with Crippen LogP contribution in [0.25, 0.3) is 161 Å². The third-order valence-electron chi connectivity index (χ3n) is 17.3. The summed E-state index contributed by atoms with van der Waals surface area (Å²) in [6, 6.07) is 107. The smallest absolute Gasteiger partial charge is 0.423 e. The molecule has 4 aromatic heterocycles. The molecular weight excluding hydrogens is 1210 g/mol. The highest BCUT2D eigenvalue weighted by molar-refractivity contribution is 9.10. The van der Waals surface area contributed by atoms with Gasteiger partial charge in [-0.05, 0) is 132 Å². The molecule has 0 radical (unpaired) electrons. The Morgan fingerprint density at radius 1 is 0.275 bits per heavy atom. The average molecular weight is 1270 g/mol. The van der Waals surface area contributed by atoms with Gasteiger partial charge in [0.05, 0.1) is 22.4 Å². The highest BCUT2D eigenvalue weighted by Gasteiger charge is 2.17. The van der Waals surface area contributed by atoms with Crippen LogP contribution in [0.3, 0.4) is 0 Å². The Morgan fingerprint density at radius 3 is 1.07 bits per heavy atom. The molecule has 0 spiro atoms. The summed E-state index contributed by atoms with van der Waals surface area (Å²) in [6.45, 7) is 0. The molecule has 2 N–H and O–H groups in total. The number of thiophene rings is 2. The topological polar surface area (TPSA) is 66.2 Å². The second kappa shape index (κ2) is 24.3. The molecule has 0 bridgehead atoms. The number of hydrogen-bond acceptors (Lipinski definition) is 6. The Labute approximate surface area is 543 Å². The van der Waals surface area contributed by atoms with Crippen molar-refractivity contribution in [2.24, 2.45) is 0 Å². The molecule has 0 aliphatic rings. The van der Waals surface area contributed by atoms with Crippen LogP contribution < -0.4 is 5.46 Å². The molecule has 91 heavy (non-hydrogen) atoms. The molecule has 18 aromatic rings. The van der Waals surface area contributed by atoms with Crippen LogP contribution in [-0.4, -0.2) is 27.1 Å². The van der Waals surface area contributed by atoms with E-state index in [1.165, 1.54) is 116 Å². The number of aromatic nitrogens is 2. The van der Waals surface area contributed by atoms with Crippen LogP contribution in [0.1, 0.15) is 7.43 Å². The molecule has 4 nitrogen and oxygen atoms in total. The Bertz CT molecular complexity index is 5770. The first kappa shape index (κ1) is 57.3. The van der Waals surface area contributed by atoms with Gasteiger partial charge in [-0.3, -0.25) is 0 Å². The van der Waals surface area contributed by atoms with Crippen molar-refractivity contribution in [3.8, 4) is 55.9 Å². The van der Waals surface area contributed by atoms with Crippen LogP contribution in [0.15, 0.2) is 308 Å². The van der Waals surface area contributed by atoms with E-state index >= 15 is 0 Å². The number of nitrogens with zero attached hydrogens (tertiary/aromatic N) is 2. The lowest BCUT2D eigenvalue weighted by molar-refractivity contribution is 0.426. The van der Waals surface area contributed by atoms with Gasteiger partial charge >= 0.3 is 7.12 Å². The second-order valence-corrected chi connectivity index (χ2v) is 25.6. The first-order chi connectivity index (χ1) is 44.4. The third kappa shape index (κ3) is 10.6. The summed E-state index contributed by atoms with van der Waals surface area (Å²) in [6.07, 6.45) is 0. The van der Waals surface area contributed by atoms with Crippen LogP contribution in [0.5, 0.6) is 0 Å². The van der Waals surface area contributed by atoms with Gasteiger partial charge in [-0.2, -0.15) is 0 Å². The highest BCUT2D eigenvalue weighted by atomic mass is 79.9. The van der Waals surface area contributed by atoms with Gasteiger partial charge in [-0.1, -0.05) is 266 Å². The standard InChI is InChI=1S/C41H25NS.C23H14BrN.C18H13BO2S.CH4/c1-2-16-33-31(14-1)32-15-3-4-18-35(32)40-36(33)22-23-38(42-40)29-13-8-11-27(25-29)26-10-7-12-28(24-26)30-19-9-20-37-34-17-5-6-21-39(34)43-41(30)37;24-16-7-5-6-15(14-16)22-13-12-21-19-10-2-1-8-17(19)18-9-3-4-11-20(18)23(21)25-22;20-19(21)13-6-3-5-12(11-13)14-8-4-9-16-15-7-1-2-10-17(15)22-18(14)16;/h1-25H;1-14H;1-11,20-21H;1H4. The summed E-state index contributed by atoms with van der Waals surface area (Å²) >= 11 is 7.20. The molecule has 0 saturated carbocycles. The maximum Gasteiger partial charge on any atom is 0.488 e. The van der Waals surface area contributed by atoms with Crippen molar-refractivity contribution < 1.29 is 10.0 Å². The summed E-state index contributed by atoms with van der Waals surface area (Å²) in [4.78, 5) is 10.3. The highest BCUT2D eigenvalue weighted by Crippen LogP contribution is 2.43. The van der Waals surface area contributed by atoms with Crippen LogP contribution >= 0.6 is 38.6 Å². The number of benzene rings is 14. The van der Waals surface area contributed by atoms with Crippen molar-refractivity contribution >= 4 is 156 Å². The fourth-order valence-electron chi connectivity index (χ4n) is 13.0. The molecule has 0 unspecified atom stereocenters. The van der Waals surface area contributed by atoms with Crippen LogP contribution in [0.2, 0.25) is 0 Å². The number of fused-ring (bicyclic) bond motifs is 18. The largest absolute Gasteiger partial charge is 0.488 e. The molecule has 18 rings (SSSR count). The molecular formula is C83H56BBrN2O2S2. The van der Waals surface area contributed by atoms with Gasteiger partial charge in [0.15, 0.2) is 0 Å². The first-order valence-electron chi connectivity index (χ1n) is 30.0. The Kier molecular flexibility index (Phi) is 15.3. The zero-order valence-electron chi connectivity index (χ0n) is 48.4. The zero-order chi connectivity index (χ0) is 60.2. The minimum Gasteiger partial charge on any atom is -0.423 e. The van der Waals surface area contributed by atoms with Crippen LogP contribution in [-0.2, 0) is 0 Å². The fourth-order valence-corrected chi connectivity index (χ4v) is 15.9. The Morgan fingerprint density at radius 2 is 0.604 bits per heavy atom. The van der Waals surface area contributed by atoms with Crippen molar-refractivity contribution in [1.29, 1.82) is 0 Å². The Balaban J connectivity index is 0.000000122.